The zero-order valence-corrected chi connectivity index (χ0v) is 77.5. The van der Waals surface area contributed by atoms with E-state index < -0.39 is 0 Å². The van der Waals surface area contributed by atoms with Gasteiger partial charge in [-0.05, 0) is 196 Å². The number of thiophene rings is 6. The first-order chi connectivity index (χ1) is 66.9. The number of hydrogen-bond donors (Lipinski definition) is 0. The van der Waals surface area contributed by atoms with Crippen LogP contribution in [0.4, 0.5) is 0 Å². The summed E-state index contributed by atoms with van der Waals surface area (Å²) in [5.74, 6) is 0. The van der Waals surface area contributed by atoms with Gasteiger partial charge in [0.25, 0.3) is 0 Å². The highest BCUT2D eigenvalue weighted by Crippen LogP contribution is 2.52. The van der Waals surface area contributed by atoms with Crippen molar-refractivity contribution in [3.05, 3.63) is 455 Å². The minimum Gasteiger partial charge on any atom is -0.308 e. The molecule has 0 radical (unpaired) electrons. The summed E-state index contributed by atoms with van der Waals surface area (Å²) in [7, 11) is 0. The first-order valence-electron chi connectivity index (χ1n) is 45.8. The number of aromatic nitrogens is 3. The fourth-order valence-corrected chi connectivity index (χ4v) is 28.9. The van der Waals surface area contributed by atoms with Crippen LogP contribution in [0.5, 0.6) is 0 Å². The van der Waals surface area contributed by atoms with Crippen molar-refractivity contribution in [2.24, 2.45) is 0 Å². The van der Waals surface area contributed by atoms with Gasteiger partial charge in [0.05, 0.1) is 47.2 Å². The van der Waals surface area contributed by atoms with E-state index in [0.717, 1.165) is 0 Å². The van der Waals surface area contributed by atoms with Crippen molar-refractivity contribution >= 4 is 254 Å². The smallest absolute Gasteiger partial charge is 0.0727 e. The third-order valence-electron chi connectivity index (χ3n) is 27.6. The Bertz CT molecular complexity index is 10000. The molecule has 0 amide bonds. The Kier molecular flexibility index (Phi) is 18.2. The van der Waals surface area contributed by atoms with Crippen molar-refractivity contribution in [3.63, 3.8) is 0 Å². The molecule has 0 aliphatic carbocycles. The minimum absolute atomic E-state index is 1.20. The molecule has 9 heterocycles. The summed E-state index contributed by atoms with van der Waals surface area (Å²) in [5, 5.41) is 23.8. The minimum atomic E-state index is 1.20. The number of rotatable bonds is 9. The molecule has 0 saturated carbocycles. The van der Waals surface area contributed by atoms with E-state index in [-0.39, 0.29) is 0 Å². The molecule has 0 fully saturated rings. The molecular formula is C126H75N3S6. The Labute approximate surface area is 799 Å². The molecule has 630 valence electrons. The summed E-state index contributed by atoms with van der Waals surface area (Å²) in [4.78, 5) is 0. The van der Waals surface area contributed by atoms with Gasteiger partial charge in [0.15, 0.2) is 0 Å². The number of benzene rings is 21. The average molecular weight is 1820 g/mol. The van der Waals surface area contributed by atoms with E-state index in [1.54, 1.807) is 0 Å². The van der Waals surface area contributed by atoms with E-state index in [1.165, 1.54) is 270 Å². The number of nitrogens with zero attached hydrogens (tertiary/aromatic N) is 3. The molecule has 3 nitrogen and oxygen atoms in total. The molecule has 0 saturated heterocycles. The van der Waals surface area contributed by atoms with Crippen LogP contribution >= 0.6 is 68.0 Å². The molecule has 0 N–H and O–H groups in total. The van der Waals surface area contributed by atoms with Gasteiger partial charge in [-0.15, -0.1) is 68.0 Å². The van der Waals surface area contributed by atoms with Gasteiger partial charge >= 0.3 is 0 Å². The second kappa shape index (κ2) is 31.5. The predicted octanol–water partition coefficient (Wildman–Crippen LogP) is 38.6. The Morgan fingerprint density at radius 3 is 1.01 bits per heavy atom. The fourth-order valence-electron chi connectivity index (χ4n) is 21.3. The lowest BCUT2D eigenvalue weighted by molar-refractivity contribution is 1.19. The van der Waals surface area contributed by atoms with Crippen LogP contribution < -0.4 is 0 Å². The van der Waals surface area contributed by atoms with Gasteiger partial charge < -0.3 is 13.7 Å². The molecule has 21 aromatic carbocycles. The zero-order chi connectivity index (χ0) is 88.5. The highest BCUT2D eigenvalue weighted by atomic mass is 32.1. The van der Waals surface area contributed by atoms with Crippen LogP contribution in [0.25, 0.3) is 270 Å². The SMILES string of the molecule is c1ccc(-n2c3ccccc3c3sc4c(-c5ccc(-c6ccc7c(c6)sc6cc8ccccc8cc67)cc5)cccc4c32)cc1.c1ccc(-n2c3ccccc3c3sc4c(-c5ccc(-c6ccc7c(c6)sc6ccc8ccccc8c67)cc5)cccc4c32)cc1.c1ccc(-n2c3ccccc3c3sc4cc(-c5ccc(-c6cccc7sc8c9ccccc9ccc8c67)cc5)ccc4c32)cc1. The highest BCUT2D eigenvalue weighted by molar-refractivity contribution is 7.29. The second-order valence-electron chi connectivity index (χ2n) is 35.1. The molecule has 0 aliphatic rings. The van der Waals surface area contributed by atoms with Gasteiger partial charge in [0.2, 0.25) is 0 Å². The number of fused-ring (bicyclic) bond motifs is 29. The second-order valence-corrected chi connectivity index (χ2v) is 41.4. The van der Waals surface area contributed by atoms with Crippen molar-refractivity contribution in [3.8, 4) is 83.8 Å². The summed E-state index contributed by atoms with van der Waals surface area (Å²) in [6, 6.07) is 167. The van der Waals surface area contributed by atoms with Crippen molar-refractivity contribution in [2.45, 2.75) is 0 Å². The van der Waals surface area contributed by atoms with E-state index in [2.05, 4.69) is 469 Å². The first-order valence-corrected chi connectivity index (χ1v) is 50.7. The number of hydrogen-bond acceptors (Lipinski definition) is 6. The highest BCUT2D eigenvalue weighted by Gasteiger charge is 2.25. The average Bonchev–Trinajstić information content (AvgIpc) is 1.56. The molecule has 135 heavy (non-hydrogen) atoms. The molecular weight excluding hydrogens is 1750 g/mol. The van der Waals surface area contributed by atoms with Crippen LogP contribution in [0.15, 0.2) is 455 Å². The van der Waals surface area contributed by atoms with Crippen molar-refractivity contribution in [1.82, 2.24) is 13.7 Å². The van der Waals surface area contributed by atoms with Crippen LogP contribution in [0.3, 0.4) is 0 Å². The van der Waals surface area contributed by atoms with E-state index >= 15 is 0 Å². The summed E-state index contributed by atoms with van der Waals surface area (Å²) in [5.41, 5.74) is 26.4. The van der Waals surface area contributed by atoms with Gasteiger partial charge in [-0.3, -0.25) is 0 Å². The van der Waals surface area contributed by atoms with Crippen LogP contribution in [0.1, 0.15) is 0 Å². The molecule has 0 aliphatic heterocycles. The maximum Gasteiger partial charge on any atom is 0.0727 e. The van der Waals surface area contributed by atoms with Crippen LogP contribution in [0.2, 0.25) is 0 Å². The molecule has 0 bridgehead atoms. The molecule has 0 spiro atoms. The predicted molar refractivity (Wildman–Crippen MR) is 592 cm³/mol. The Hall–Kier alpha value is -15.7. The molecule has 0 unspecified atom stereocenters. The van der Waals surface area contributed by atoms with Gasteiger partial charge in [-0.2, -0.15) is 0 Å². The van der Waals surface area contributed by atoms with E-state index in [4.69, 9.17) is 0 Å². The largest absolute Gasteiger partial charge is 0.308 e. The van der Waals surface area contributed by atoms with Crippen molar-refractivity contribution < 1.29 is 0 Å². The monoisotopic (exact) mass is 1820 g/mol. The lowest BCUT2D eigenvalue weighted by atomic mass is 9.96. The van der Waals surface area contributed by atoms with Gasteiger partial charge in [0.1, 0.15) is 0 Å². The van der Waals surface area contributed by atoms with Crippen molar-refractivity contribution in [1.29, 1.82) is 0 Å². The van der Waals surface area contributed by atoms with E-state index in [1.807, 2.05) is 68.0 Å². The van der Waals surface area contributed by atoms with E-state index in [0.29, 0.717) is 0 Å². The third kappa shape index (κ3) is 12.7. The van der Waals surface area contributed by atoms with E-state index in [9.17, 15) is 0 Å². The standard InChI is InChI=1S/3C42H25NS2/c1-2-11-31(12-3-1)43-37-16-7-6-13-34(37)42-40(43)35-15-8-14-32(41(35)45-42)27-19-17-26(18-20-27)30-21-22-33-36-23-28-9-4-5-10-29(28)24-39(36)44-38(33)25-30;1-2-10-30(11-3-1)43-36-16-7-6-13-33(36)42-40(43)35-15-8-14-32(41(35)45-42)28-19-17-26(18-20-28)29-21-23-34-38(25-29)44-37-24-22-27-9-4-5-12-31(27)39(34)37;1-2-10-30(11-3-1)43-36-15-7-6-13-33(36)42-40(43)34-23-22-29(25-38(34)45-42)26-17-19-28(20-18-26)31-14-8-16-37-39(31)35-24-21-27-9-4-5-12-32(27)41(35)44-37/h3*1-25H. The van der Waals surface area contributed by atoms with Crippen LogP contribution in [-0.2, 0) is 0 Å². The molecule has 9 aromatic heterocycles. The zero-order valence-electron chi connectivity index (χ0n) is 72.6. The number of para-hydroxylation sites is 6. The fraction of sp³-hybridized carbons (Fsp3) is 0. The maximum atomic E-state index is 2.43. The van der Waals surface area contributed by atoms with Gasteiger partial charge in [0, 0.05) is 124 Å². The first kappa shape index (κ1) is 78.0. The molecule has 30 rings (SSSR count). The molecule has 0 atom stereocenters. The Morgan fingerprint density at radius 1 is 0.141 bits per heavy atom. The molecule has 9 heteroatoms. The third-order valence-corrected chi connectivity index (χ3v) is 34.7. The Morgan fingerprint density at radius 2 is 0.481 bits per heavy atom. The summed E-state index contributed by atoms with van der Waals surface area (Å²) in [6.07, 6.45) is 0. The summed E-state index contributed by atoms with van der Waals surface area (Å²) >= 11 is 11.4. The lowest BCUT2D eigenvalue weighted by Crippen LogP contribution is -1.92. The topological polar surface area (TPSA) is 14.8 Å². The summed E-state index contributed by atoms with van der Waals surface area (Å²) < 4.78 is 23.4. The van der Waals surface area contributed by atoms with Crippen molar-refractivity contribution in [2.75, 3.05) is 0 Å². The quantitative estimate of drug-likeness (QED) is 0.137. The van der Waals surface area contributed by atoms with Gasteiger partial charge in [-0.1, -0.05) is 358 Å². The summed E-state index contributed by atoms with van der Waals surface area (Å²) in [6.45, 7) is 0. The lowest BCUT2D eigenvalue weighted by Gasteiger charge is -2.09. The maximum absolute atomic E-state index is 2.43. The van der Waals surface area contributed by atoms with Gasteiger partial charge in [-0.25, -0.2) is 0 Å². The Balaban J connectivity index is 0.000000101. The molecule has 30 aromatic rings. The van der Waals surface area contributed by atoms with Crippen LogP contribution in [0, 0.1) is 0 Å². The van der Waals surface area contributed by atoms with Crippen LogP contribution in [-0.4, -0.2) is 13.7 Å². The normalized spacial score (nSPS) is 12.0.